The molecule has 0 aromatic carbocycles. The summed E-state index contributed by atoms with van der Waals surface area (Å²) in [5.41, 5.74) is 0.373. The van der Waals surface area contributed by atoms with Crippen molar-refractivity contribution in [2.24, 2.45) is 0 Å². The minimum absolute atomic E-state index is 0.373. The van der Waals surface area contributed by atoms with E-state index in [2.05, 4.69) is 0 Å². The molecule has 0 bridgehead atoms. The molecule has 0 amide bonds. The largest absolute Gasteiger partial charge is 0.502 e. The Labute approximate surface area is 77.8 Å². The van der Waals surface area contributed by atoms with Crippen LogP contribution in [-0.4, -0.2) is 22.0 Å². The summed E-state index contributed by atoms with van der Waals surface area (Å²) in [4.78, 5) is 21.3. The Hall–Kier alpha value is -1.62. The molecule has 1 aromatic heterocycles. The molecule has 0 aliphatic rings. The molecule has 1 heterocycles. The molecule has 5 heteroatoms. The van der Waals surface area contributed by atoms with E-state index in [0.29, 0.717) is 11.6 Å². The predicted octanol–water partition coefficient (Wildman–Crippen LogP) is 1.46. The maximum atomic E-state index is 11.1. The van der Waals surface area contributed by atoms with Crippen LogP contribution < -0.4 is 0 Å². The van der Waals surface area contributed by atoms with Crippen LogP contribution >= 0.6 is 11.3 Å². The second kappa shape index (κ2) is 3.86. The van der Waals surface area contributed by atoms with Gasteiger partial charge in [0.2, 0.25) is 5.76 Å². The second-order valence-electron chi connectivity index (χ2n) is 2.21. The van der Waals surface area contributed by atoms with Gasteiger partial charge in [0.1, 0.15) is 0 Å². The van der Waals surface area contributed by atoms with Crippen molar-refractivity contribution in [2.75, 3.05) is 0 Å². The number of carboxylic acids is 1. The molecule has 2 N–H and O–H groups in total. The Morgan fingerprint density at radius 3 is 2.54 bits per heavy atom. The highest BCUT2D eigenvalue weighted by Crippen LogP contribution is 2.08. The van der Waals surface area contributed by atoms with Crippen LogP contribution in [0.1, 0.15) is 10.4 Å². The first-order valence-corrected chi connectivity index (χ1v) is 4.26. The number of carboxylic acid groups (broad SMARTS) is 1. The summed E-state index contributed by atoms with van der Waals surface area (Å²) in [6.07, 6.45) is 0.685. The molecule has 13 heavy (non-hydrogen) atoms. The number of carbonyl (C=O) groups excluding carboxylic acids is 1. The van der Waals surface area contributed by atoms with Gasteiger partial charge in [0, 0.05) is 17.0 Å². The zero-order valence-electron chi connectivity index (χ0n) is 6.43. The van der Waals surface area contributed by atoms with E-state index >= 15 is 0 Å². The molecule has 1 rings (SSSR count). The van der Waals surface area contributed by atoms with E-state index in [0.717, 1.165) is 0 Å². The van der Waals surface area contributed by atoms with Crippen LogP contribution in [-0.2, 0) is 4.79 Å². The van der Waals surface area contributed by atoms with Crippen LogP contribution in [0.15, 0.2) is 28.7 Å². The van der Waals surface area contributed by atoms with Crippen molar-refractivity contribution in [1.82, 2.24) is 0 Å². The summed E-state index contributed by atoms with van der Waals surface area (Å²) < 4.78 is 0. The fourth-order valence-corrected chi connectivity index (χ4v) is 1.32. The van der Waals surface area contributed by atoms with Crippen molar-refractivity contribution in [2.45, 2.75) is 0 Å². The van der Waals surface area contributed by atoms with Gasteiger partial charge in [-0.05, 0) is 11.4 Å². The summed E-state index contributed by atoms with van der Waals surface area (Å²) >= 11 is 1.32. The molecule has 0 aliphatic heterocycles. The first-order valence-electron chi connectivity index (χ1n) is 3.31. The summed E-state index contributed by atoms with van der Waals surface area (Å²) in [5, 5.41) is 20.3. The van der Waals surface area contributed by atoms with Gasteiger partial charge in [0.25, 0.3) is 0 Å². The quantitative estimate of drug-likeness (QED) is 0.438. The molecule has 0 fully saturated rings. The molecule has 4 nitrogen and oxygen atoms in total. The number of hydrogen-bond donors (Lipinski definition) is 2. The number of allylic oxidation sites excluding steroid dienone is 1. The molecule has 0 spiro atoms. The van der Waals surface area contributed by atoms with E-state index < -0.39 is 17.5 Å². The van der Waals surface area contributed by atoms with Gasteiger partial charge in [0.15, 0.2) is 5.78 Å². The van der Waals surface area contributed by atoms with Crippen LogP contribution in [0, 0.1) is 0 Å². The standard InChI is InChI=1S/C8H6O4S/c9-6(3-7(10)8(11)12)5-1-2-13-4-5/h1-4,10H,(H,11,12)/b7-3-. The van der Waals surface area contributed by atoms with Gasteiger partial charge < -0.3 is 10.2 Å². The normalized spacial score (nSPS) is 11.2. The van der Waals surface area contributed by atoms with E-state index in [1.807, 2.05) is 0 Å². The van der Waals surface area contributed by atoms with Gasteiger partial charge in [-0.2, -0.15) is 11.3 Å². The fourth-order valence-electron chi connectivity index (χ4n) is 0.674. The lowest BCUT2D eigenvalue weighted by atomic mass is 10.2. The number of ketones is 1. The lowest BCUT2D eigenvalue weighted by molar-refractivity contribution is -0.135. The number of thiophene rings is 1. The zero-order valence-corrected chi connectivity index (χ0v) is 7.25. The maximum Gasteiger partial charge on any atom is 0.371 e. The Morgan fingerprint density at radius 2 is 2.08 bits per heavy atom. The van der Waals surface area contributed by atoms with Crippen LogP contribution in [0.5, 0.6) is 0 Å². The highest BCUT2D eigenvalue weighted by atomic mass is 32.1. The third-order valence-corrected chi connectivity index (χ3v) is 1.98. The maximum absolute atomic E-state index is 11.1. The average molecular weight is 198 g/mol. The first-order chi connectivity index (χ1) is 6.11. The van der Waals surface area contributed by atoms with Gasteiger partial charge in [0.05, 0.1) is 0 Å². The van der Waals surface area contributed by atoms with Crippen molar-refractivity contribution in [3.63, 3.8) is 0 Å². The summed E-state index contributed by atoms with van der Waals surface area (Å²) in [6.45, 7) is 0. The molecule has 0 saturated heterocycles. The predicted molar refractivity (Wildman–Crippen MR) is 47.0 cm³/mol. The van der Waals surface area contributed by atoms with Crippen LogP contribution in [0.25, 0.3) is 0 Å². The summed E-state index contributed by atoms with van der Waals surface area (Å²) in [7, 11) is 0. The number of carbonyl (C=O) groups is 2. The molecular weight excluding hydrogens is 192 g/mol. The highest BCUT2D eigenvalue weighted by Gasteiger charge is 2.08. The van der Waals surface area contributed by atoms with Gasteiger partial charge >= 0.3 is 5.97 Å². The van der Waals surface area contributed by atoms with Crippen molar-refractivity contribution in [1.29, 1.82) is 0 Å². The van der Waals surface area contributed by atoms with E-state index in [1.165, 1.54) is 11.3 Å². The minimum atomic E-state index is -1.51. The Balaban J connectivity index is 2.82. The average Bonchev–Trinajstić information content (AvgIpc) is 2.55. The molecule has 0 saturated carbocycles. The lowest BCUT2D eigenvalue weighted by Gasteiger charge is -1.90. The highest BCUT2D eigenvalue weighted by molar-refractivity contribution is 7.08. The molecule has 0 unspecified atom stereocenters. The Bertz CT molecular complexity index is 350. The molecule has 0 atom stereocenters. The Morgan fingerprint density at radius 1 is 1.38 bits per heavy atom. The van der Waals surface area contributed by atoms with Gasteiger partial charge in [-0.3, -0.25) is 4.79 Å². The monoisotopic (exact) mass is 198 g/mol. The van der Waals surface area contributed by atoms with Crippen LogP contribution in [0.2, 0.25) is 0 Å². The summed E-state index contributed by atoms with van der Waals surface area (Å²) in [5.74, 6) is -2.97. The Kier molecular flexibility index (Phi) is 2.81. The van der Waals surface area contributed by atoms with Gasteiger partial charge in [-0.1, -0.05) is 0 Å². The number of rotatable bonds is 3. The fraction of sp³-hybridized carbons (Fsp3) is 0. The number of aliphatic hydroxyl groups excluding tert-OH is 1. The summed E-state index contributed by atoms with van der Waals surface area (Å²) in [6, 6.07) is 1.55. The van der Waals surface area contributed by atoms with Crippen LogP contribution in [0.4, 0.5) is 0 Å². The zero-order chi connectivity index (χ0) is 9.84. The van der Waals surface area contributed by atoms with Crippen molar-refractivity contribution >= 4 is 23.1 Å². The SMILES string of the molecule is O=C(O)/C(O)=C/C(=O)c1ccsc1. The molecule has 1 aromatic rings. The number of aliphatic carboxylic acids is 1. The molecule has 0 aliphatic carbocycles. The third-order valence-electron chi connectivity index (χ3n) is 1.29. The number of hydrogen-bond acceptors (Lipinski definition) is 4. The second-order valence-corrected chi connectivity index (χ2v) is 2.99. The van der Waals surface area contributed by atoms with Gasteiger partial charge in [-0.15, -0.1) is 0 Å². The molecule has 68 valence electrons. The van der Waals surface area contributed by atoms with E-state index in [-0.39, 0.29) is 0 Å². The van der Waals surface area contributed by atoms with E-state index in [9.17, 15) is 9.59 Å². The van der Waals surface area contributed by atoms with Crippen molar-refractivity contribution in [3.8, 4) is 0 Å². The van der Waals surface area contributed by atoms with Crippen molar-refractivity contribution in [3.05, 3.63) is 34.2 Å². The van der Waals surface area contributed by atoms with E-state index in [1.54, 1.807) is 16.8 Å². The molecular formula is C8H6O4S. The number of aliphatic hydroxyl groups is 1. The third kappa shape index (κ3) is 2.41. The first kappa shape index (κ1) is 9.47. The van der Waals surface area contributed by atoms with Crippen molar-refractivity contribution < 1.29 is 19.8 Å². The molecule has 0 radical (unpaired) electrons. The van der Waals surface area contributed by atoms with E-state index in [4.69, 9.17) is 10.2 Å². The van der Waals surface area contributed by atoms with Gasteiger partial charge in [-0.25, -0.2) is 4.79 Å². The van der Waals surface area contributed by atoms with Crippen LogP contribution in [0.3, 0.4) is 0 Å². The topological polar surface area (TPSA) is 74.6 Å². The smallest absolute Gasteiger partial charge is 0.371 e. The minimum Gasteiger partial charge on any atom is -0.502 e. The lowest BCUT2D eigenvalue weighted by Crippen LogP contribution is -2.03.